The zero-order valence-electron chi connectivity index (χ0n) is 9.84. The number of primary amides is 1. The maximum atomic E-state index is 10.9. The van der Waals surface area contributed by atoms with Crippen molar-refractivity contribution in [3.8, 4) is 11.3 Å². The molecule has 0 aliphatic rings. The summed E-state index contributed by atoms with van der Waals surface area (Å²) in [7, 11) is 0. The molecule has 0 radical (unpaired) electrons. The van der Waals surface area contributed by atoms with Crippen molar-refractivity contribution in [3.63, 3.8) is 0 Å². The summed E-state index contributed by atoms with van der Waals surface area (Å²) in [5.74, 6) is -0.465. The first-order valence-corrected chi connectivity index (χ1v) is 5.50. The Balaban J connectivity index is 2.16. The van der Waals surface area contributed by atoms with Crippen LogP contribution in [0.1, 0.15) is 5.56 Å². The normalized spacial score (nSPS) is 10.0. The zero-order chi connectivity index (χ0) is 13.0. The van der Waals surface area contributed by atoms with Gasteiger partial charge < -0.3 is 5.73 Å². The van der Waals surface area contributed by atoms with Crippen molar-refractivity contribution in [2.24, 2.45) is 5.73 Å². The highest BCUT2D eigenvalue weighted by atomic mass is 16.1. The van der Waals surface area contributed by atoms with E-state index in [1.165, 1.54) is 0 Å². The molecule has 4 nitrogen and oxygen atoms in total. The Morgan fingerprint density at radius 3 is 2.50 bits per heavy atom. The van der Waals surface area contributed by atoms with E-state index < -0.39 is 5.91 Å². The van der Waals surface area contributed by atoms with Crippen LogP contribution in [0.2, 0.25) is 0 Å². The number of carbonyl (C=O) groups excluding carboxylic acids is 1. The Morgan fingerprint density at radius 2 is 1.94 bits per heavy atom. The molecule has 0 saturated heterocycles. The SMILES string of the molecule is C=C(Cc1ccc(-c2cnccn2)cc1)C(N)=O. The van der Waals surface area contributed by atoms with Crippen molar-refractivity contribution in [3.05, 3.63) is 60.6 Å². The lowest BCUT2D eigenvalue weighted by Gasteiger charge is -2.04. The van der Waals surface area contributed by atoms with Gasteiger partial charge in [0, 0.05) is 30.0 Å². The molecule has 0 bridgehead atoms. The Hall–Kier alpha value is -2.49. The number of nitrogens with zero attached hydrogens (tertiary/aromatic N) is 2. The van der Waals surface area contributed by atoms with Crippen molar-refractivity contribution in [2.45, 2.75) is 6.42 Å². The van der Waals surface area contributed by atoms with Crippen LogP contribution in [0.5, 0.6) is 0 Å². The topological polar surface area (TPSA) is 68.9 Å². The summed E-state index contributed by atoms with van der Waals surface area (Å²) in [4.78, 5) is 19.1. The van der Waals surface area contributed by atoms with Crippen molar-refractivity contribution in [1.82, 2.24) is 9.97 Å². The Morgan fingerprint density at radius 1 is 1.22 bits per heavy atom. The van der Waals surface area contributed by atoms with Crippen LogP contribution in [0.3, 0.4) is 0 Å². The van der Waals surface area contributed by atoms with Gasteiger partial charge in [0.15, 0.2) is 0 Å². The number of nitrogens with two attached hydrogens (primary N) is 1. The minimum Gasteiger partial charge on any atom is -0.366 e. The average molecular weight is 239 g/mol. The van der Waals surface area contributed by atoms with Crippen LogP contribution in [0.15, 0.2) is 55.0 Å². The third-order valence-corrected chi connectivity index (χ3v) is 2.58. The predicted molar refractivity (Wildman–Crippen MR) is 69.5 cm³/mol. The molecule has 0 unspecified atom stereocenters. The second kappa shape index (κ2) is 5.23. The molecule has 0 atom stereocenters. The van der Waals surface area contributed by atoms with E-state index in [0.717, 1.165) is 16.8 Å². The van der Waals surface area contributed by atoms with E-state index in [1.54, 1.807) is 18.6 Å². The summed E-state index contributed by atoms with van der Waals surface area (Å²) >= 11 is 0. The molecule has 4 heteroatoms. The first kappa shape index (κ1) is 12.0. The summed E-state index contributed by atoms with van der Waals surface area (Å²) in [6.45, 7) is 3.63. The largest absolute Gasteiger partial charge is 0.366 e. The molecule has 0 saturated carbocycles. The van der Waals surface area contributed by atoms with Gasteiger partial charge in [-0.15, -0.1) is 0 Å². The van der Waals surface area contributed by atoms with E-state index in [0.29, 0.717) is 12.0 Å². The van der Waals surface area contributed by atoms with Crippen molar-refractivity contribution >= 4 is 5.91 Å². The highest BCUT2D eigenvalue weighted by molar-refractivity contribution is 5.91. The first-order chi connectivity index (χ1) is 8.66. The molecule has 0 aliphatic carbocycles. The smallest absolute Gasteiger partial charge is 0.244 e. The molecule has 2 aromatic rings. The minimum absolute atomic E-state index is 0.405. The highest BCUT2D eigenvalue weighted by Crippen LogP contribution is 2.17. The number of benzene rings is 1. The summed E-state index contributed by atoms with van der Waals surface area (Å²) in [6.07, 6.45) is 5.46. The van der Waals surface area contributed by atoms with Gasteiger partial charge in [0.2, 0.25) is 5.91 Å². The number of aromatic nitrogens is 2. The lowest BCUT2D eigenvalue weighted by Crippen LogP contribution is -2.14. The van der Waals surface area contributed by atoms with E-state index in [2.05, 4.69) is 16.5 Å². The van der Waals surface area contributed by atoms with Crippen LogP contribution >= 0.6 is 0 Å². The average Bonchev–Trinajstić information content (AvgIpc) is 2.40. The highest BCUT2D eigenvalue weighted by Gasteiger charge is 2.04. The molecule has 0 spiro atoms. The molecule has 2 N–H and O–H groups in total. The molecule has 2 rings (SSSR count). The van der Waals surface area contributed by atoms with Crippen LogP contribution in [0, 0.1) is 0 Å². The van der Waals surface area contributed by atoms with E-state index in [1.807, 2.05) is 24.3 Å². The number of hydrogen-bond acceptors (Lipinski definition) is 3. The lowest BCUT2D eigenvalue weighted by molar-refractivity contribution is -0.114. The summed E-state index contributed by atoms with van der Waals surface area (Å²) in [6, 6.07) is 7.73. The van der Waals surface area contributed by atoms with Crippen molar-refractivity contribution < 1.29 is 4.79 Å². The van der Waals surface area contributed by atoms with Crippen LogP contribution in [0.4, 0.5) is 0 Å². The van der Waals surface area contributed by atoms with E-state index in [9.17, 15) is 4.79 Å². The summed E-state index contributed by atoms with van der Waals surface area (Å²) < 4.78 is 0. The zero-order valence-corrected chi connectivity index (χ0v) is 9.84. The molecule has 90 valence electrons. The Labute approximate surface area is 105 Å². The predicted octanol–water partition coefficient (Wildman–Crippen LogP) is 1.73. The van der Waals surface area contributed by atoms with Gasteiger partial charge in [0.25, 0.3) is 0 Å². The molecule has 18 heavy (non-hydrogen) atoms. The second-order valence-corrected chi connectivity index (χ2v) is 3.93. The van der Waals surface area contributed by atoms with E-state index in [4.69, 9.17) is 5.73 Å². The monoisotopic (exact) mass is 239 g/mol. The molecule has 0 aliphatic heterocycles. The fourth-order valence-corrected chi connectivity index (χ4v) is 1.58. The quantitative estimate of drug-likeness (QED) is 0.826. The third kappa shape index (κ3) is 2.79. The number of hydrogen-bond donors (Lipinski definition) is 1. The third-order valence-electron chi connectivity index (χ3n) is 2.58. The summed E-state index contributed by atoms with van der Waals surface area (Å²) in [5.41, 5.74) is 8.35. The van der Waals surface area contributed by atoms with Gasteiger partial charge in [-0.25, -0.2) is 0 Å². The van der Waals surface area contributed by atoms with E-state index >= 15 is 0 Å². The number of carbonyl (C=O) groups is 1. The van der Waals surface area contributed by atoms with Crippen molar-refractivity contribution in [1.29, 1.82) is 0 Å². The first-order valence-electron chi connectivity index (χ1n) is 5.50. The lowest BCUT2D eigenvalue weighted by atomic mass is 10.0. The molecule has 1 amide bonds. The Kier molecular flexibility index (Phi) is 3.48. The standard InChI is InChI=1S/C14H13N3O/c1-10(14(15)18)8-11-2-4-12(5-3-11)13-9-16-6-7-17-13/h2-7,9H,1,8H2,(H2,15,18). The molecule has 0 fully saturated rings. The van der Waals surface area contributed by atoms with Crippen LogP contribution in [-0.2, 0) is 11.2 Å². The van der Waals surface area contributed by atoms with Gasteiger partial charge in [0.05, 0.1) is 11.9 Å². The van der Waals surface area contributed by atoms with Gasteiger partial charge in [-0.05, 0) is 5.56 Å². The Bertz CT molecular complexity index is 561. The minimum atomic E-state index is -0.465. The second-order valence-electron chi connectivity index (χ2n) is 3.93. The fourth-order valence-electron chi connectivity index (χ4n) is 1.58. The van der Waals surface area contributed by atoms with E-state index in [-0.39, 0.29) is 0 Å². The van der Waals surface area contributed by atoms with Crippen LogP contribution in [0.25, 0.3) is 11.3 Å². The van der Waals surface area contributed by atoms with Gasteiger partial charge in [0.1, 0.15) is 0 Å². The summed E-state index contributed by atoms with van der Waals surface area (Å²) in [5, 5.41) is 0. The van der Waals surface area contributed by atoms with Crippen LogP contribution in [-0.4, -0.2) is 15.9 Å². The van der Waals surface area contributed by atoms with Crippen molar-refractivity contribution in [2.75, 3.05) is 0 Å². The van der Waals surface area contributed by atoms with Gasteiger partial charge in [-0.1, -0.05) is 30.8 Å². The molecular formula is C14H13N3O. The molecular weight excluding hydrogens is 226 g/mol. The van der Waals surface area contributed by atoms with Gasteiger partial charge in [-0.2, -0.15) is 0 Å². The van der Waals surface area contributed by atoms with Gasteiger partial charge in [-0.3, -0.25) is 14.8 Å². The van der Waals surface area contributed by atoms with Gasteiger partial charge >= 0.3 is 0 Å². The molecule has 1 aromatic heterocycles. The van der Waals surface area contributed by atoms with Crippen LogP contribution < -0.4 is 5.73 Å². The number of amides is 1. The fraction of sp³-hybridized carbons (Fsp3) is 0.0714. The maximum Gasteiger partial charge on any atom is 0.244 e. The molecule has 1 heterocycles. The number of rotatable bonds is 4. The maximum absolute atomic E-state index is 10.9. The molecule has 1 aromatic carbocycles.